The van der Waals surface area contributed by atoms with Crippen LogP contribution in [0.4, 0.5) is 0 Å². The molecule has 3 heteroatoms. The molecule has 0 saturated heterocycles. The molecule has 0 radical (unpaired) electrons. The van der Waals surface area contributed by atoms with Crippen LogP contribution in [0.25, 0.3) is 10.4 Å². The van der Waals surface area contributed by atoms with Crippen LogP contribution in [-0.2, 0) is 6.42 Å². The van der Waals surface area contributed by atoms with E-state index in [9.17, 15) is 0 Å². The van der Waals surface area contributed by atoms with Crippen molar-refractivity contribution in [1.29, 1.82) is 0 Å². The van der Waals surface area contributed by atoms with Gasteiger partial charge in [-0.2, -0.15) is 0 Å². The first-order valence-corrected chi connectivity index (χ1v) is 6.09. The normalized spacial score (nSPS) is 10.5. The molecule has 78 valence electrons. The van der Waals surface area contributed by atoms with Gasteiger partial charge in [0.25, 0.3) is 0 Å². The highest BCUT2D eigenvalue weighted by Crippen LogP contribution is 2.28. The molecule has 0 aliphatic heterocycles. The second-order valence-electron chi connectivity index (χ2n) is 3.37. The first kappa shape index (κ1) is 10.7. The van der Waals surface area contributed by atoms with Crippen LogP contribution in [0.3, 0.4) is 0 Å². The zero-order chi connectivity index (χ0) is 10.7. The van der Waals surface area contributed by atoms with Gasteiger partial charge in [0.05, 0.1) is 0 Å². The van der Waals surface area contributed by atoms with Gasteiger partial charge in [-0.1, -0.05) is 23.7 Å². The lowest BCUT2D eigenvalue weighted by molar-refractivity contribution is 0.974. The molecule has 0 amide bonds. The fraction of sp³-hybridized carbons (Fsp3) is 0.167. The molecule has 1 nitrogen and oxygen atoms in total. The Morgan fingerprint density at radius 1 is 1.27 bits per heavy atom. The maximum atomic E-state index is 5.95. The highest BCUT2D eigenvalue weighted by Gasteiger charge is 2.02. The summed E-state index contributed by atoms with van der Waals surface area (Å²) in [6, 6.07) is 10.1. The van der Waals surface area contributed by atoms with Crippen molar-refractivity contribution >= 4 is 22.9 Å². The van der Waals surface area contributed by atoms with E-state index in [0.29, 0.717) is 6.54 Å². The van der Waals surface area contributed by atoms with Gasteiger partial charge in [-0.05, 0) is 47.7 Å². The highest BCUT2D eigenvalue weighted by atomic mass is 35.5. The number of benzene rings is 1. The molecule has 2 rings (SSSR count). The van der Waals surface area contributed by atoms with Crippen LogP contribution in [0.2, 0.25) is 5.02 Å². The van der Waals surface area contributed by atoms with Crippen LogP contribution in [0, 0.1) is 0 Å². The summed E-state index contributed by atoms with van der Waals surface area (Å²) >= 11 is 7.68. The van der Waals surface area contributed by atoms with E-state index < -0.39 is 0 Å². The molecule has 0 spiro atoms. The van der Waals surface area contributed by atoms with Gasteiger partial charge in [0.1, 0.15) is 0 Å². The zero-order valence-electron chi connectivity index (χ0n) is 8.24. The van der Waals surface area contributed by atoms with E-state index >= 15 is 0 Å². The van der Waals surface area contributed by atoms with Gasteiger partial charge in [0, 0.05) is 9.90 Å². The van der Waals surface area contributed by atoms with Crippen molar-refractivity contribution < 1.29 is 0 Å². The molecule has 0 fully saturated rings. The minimum absolute atomic E-state index is 0.700. The highest BCUT2D eigenvalue weighted by molar-refractivity contribution is 7.13. The summed E-state index contributed by atoms with van der Waals surface area (Å²) in [6.45, 7) is 0.700. The molecule has 2 N–H and O–H groups in total. The maximum Gasteiger partial charge on any atom is 0.0412 e. The van der Waals surface area contributed by atoms with E-state index in [1.807, 2.05) is 18.2 Å². The van der Waals surface area contributed by atoms with E-state index in [4.69, 9.17) is 17.3 Å². The van der Waals surface area contributed by atoms with Gasteiger partial charge >= 0.3 is 0 Å². The van der Waals surface area contributed by atoms with Gasteiger partial charge in [0.2, 0.25) is 0 Å². The molecule has 15 heavy (non-hydrogen) atoms. The second kappa shape index (κ2) is 4.79. The Morgan fingerprint density at radius 2 is 2.13 bits per heavy atom. The number of thiophene rings is 1. The lowest BCUT2D eigenvalue weighted by atomic mass is 10.1. The molecule has 2 aromatic rings. The Balaban J connectivity index is 2.29. The van der Waals surface area contributed by atoms with Crippen LogP contribution < -0.4 is 5.73 Å². The minimum atomic E-state index is 0.700. The van der Waals surface area contributed by atoms with Crippen molar-refractivity contribution in [2.24, 2.45) is 5.73 Å². The molecule has 0 saturated carbocycles. The third kappa shape index (κ3) is 2.59. The quantitative estimate of drug-likeness (QED) is 0.868. The number of hydrogen-bond donors (Lipinski definition) is 1. The molecule has 0 bridgehead atoms. The summed E-state index contributed by atoms with van der Waals surface area (Å²) in [6.07, 6.45) is 0.942. The van der Waals surface area contributed by atoms with Gasteiger partial charge < -0.3 is 5.73 Å². The largest absolute Gasteiger partial charge is 0.330 e. The number of nitrogens with two attached hydrogens (primary N) is 1. The third-order valence-corrected chi connectivity index (χ3v) is 3.46. The summed E-state index contributed by atoms with van der Waals surface area (Å²) < 4.78 is 0. The monoisotopic (exact) mass is 237 g/mol. The third-order valence-electron chi connectivity index (χ3n) is 2.20. The van der Waals surface area contributed by atoms with Crippen molar-refractivity contribution in [3.63, 3.8) is 0 Å². The Kier molecular flexibility index (Phi) is 3.41. The number of hydrogen-bond acceptors (Lipinski definition) is 2. The summed E-state index contributed by atoms with van der Waals surface area (Å²) in [7, 11) is 0. The van der Waals surface area contributed by atoms with Crippen LogP contribution in [0.1, 0.15) is 5.56 Å². The Bertz CT molecular complexity index is 450. The fourth-order valence-corrected chi connectivity index (χ4v) is 2.60. The van der Waals surface area contributed by atoms with Crippen LogP contribution in [0.15, 0.2) is 35.7 Å². The van der Waals surface area contributed by atoms with Gasteiger partial charge in [0.15, 0.2) is 0 Å². The van der Waals surface area contributed by atoms with Crippen LogP contribution in [0.5, 0.6) is 0 Å². The molecule has 1 aromatic heterocycles. The fourth-order valence-electron chi connectivity index (χ4n) is 1.47. The molecular formula is C12H12ClNS. The van der Waals surface area contributed by atoms with Crippen molar-refractivity contribution in [2.75, 3.05) is 6.54 Å². The van der Waals surface area contributed by atoms with Crippen molar-refractivity contribution in [2.45, 2.75) is 6.42 Å². The number of rotatable bonds is 3. The molecule has 1 heterocycles. The predicted molar refractivity (Wildman–Crippen MR) is 67.5 cm³/mol. The number of halogens is 1. The van der Waals surface area contributed by atoms with Crippen molar-refractivity contribution in [1.82, 2.24) is 0 Å². The van der Waals surface area contributed by atoms with Crippen LogP contribution in [-0.4, -0.2) is 6.54 Å². The topological polar surface area (TPSA) is 26.0 Å². The predicted octanol–water partition coefficient (Wildman–Crippen LogP) is 3.57. The average molecular weight is 238 g/mol. The Hall–Kier alpha value is -0.830. The second-order valence-corrected chi connectivity index (χ2v) is 4.72. The Labute approximate surface area is 98.5 Å². The van der Waals surface area contributed by atoms with E-state index in [1.54, 1.807) is 11.3 Å². The lowest BCUT2D eigenvalue weighted by Crippen LogP contribution is -2.01. The molecule has 0 aliphatic carbocycles. The van der Waals surface area contributed by atoms with E-state index in [1.165, 1.54) is 16.0 Å². The summed E-state index contributed by atoms with van der Waals surface area (Å²) in [4.78, 5) is 1.25. The maximum absolute atomic E-state index is 5.95. The molecular weight excluding hydrogens is 226 g/mol. The molecule has 0 atom stereocenters. The zero-order valence-corrected chi connectivity index (χ0v) is 9.81. The molecule has 1 aromatic carbocycles. The molecule has 0 unspecified atom stereocenters. The SMILES string of the molecule is NCCc1csc(-c2cccc(Cl)c2)c1. The van der Waals surface area contributed by atoms with E-state index in [0.717, 1.165) is 11.4 Å². The standard InChI is InChI=1S/C12H12ClNS/c13-11-3-1-2-10(7-11)12-6-9(4-5-14)8-15-12/h1-3,6-8H,4-5,14H2. The van der Waals surface area contributed by atoms with Gasteiger partial charge in [-0.15, -0.1) is 11.3 Å². The van der Waals surface area contributed by atoms with Gasteiger partial charge in [-0.25, -0.2) is 0 Å². The average Bonchev–Trinajstić information content (AvgIpc) is 2.67. The van der Waals surface area contributed by atoms with Gasteiger partial charge in [-0.3, -0.25) is 0 Å². The summed E-state index contributed by atoms with van der Waals surface area (Å²) in [5, 5.41) is 2.93. The van der Waals surface area contributed by atoms with Crippen molar-refractivity contribution in [3.8, 4) is 10.4 Å². The minimum Gasteiger partial charge on any atom is -0.330 e. The lowest BCUT2D eigenvalue weighted by Gasteiger charge is -1.97. The smallest absolute Gasteiger partial charge is 0.0412 e. The first-order chi connectivity index (χ1) is 7.29. The Morgan fingerprint density at radius 3 is 2.87 bits per heavy atom. The summed E-state index contributed by atoms with van der Waals surface area (Å²) in [5.41, 5.74) is 8.00. The molecule has 0 aliphatic rings. The van der Waals surface area contributed by atoms with E-state index in [2.05, 4.69) is 17.5 Å². The van der Waals surface area contributed by atoms with Crippen molar-refractivity contribution in [3.05, 3.63) is 46.3 Å². The summed E-state index contributed by atoms with van der Waals surface area (Å²) in [5.74, 6) is 0. The first-order valence-electron chi connectivity index (χ1n) is 4.83. The van der Waals surface area contributed by atoms with Crippen LogP contribution >= 0.6 is 22.9 Å². The van der Waals surface area contributed by atoms with E-state index in [-0.39, 0.29) is 0 Å².